The third kappa shape index (κ3) is 4.42. The van der Waals surface area contributed by atoms with E-state index < -0.39 is 6.10 Å². The summed E-state index contributed by atoms with van der Waals surface area (Å²) in [5.74, 6) is 0.522. The second kappa shape index (κ2) is 8.46. The van der Waals surface area contributed by atoms with Crippen molar-refractivity contribution < 1.29 is 9.52 Å². The molecule has 0 amide bonds. The van der Waals surface area contributed by atoms with Crippen LogP contribution in [0.1, 0.15) is 28.7 Å². The Morgan fingerprint density at radius 1 is 1.27 bits per heavy atom. The molecule has 0 spiro atoms. The molecule has 2 aromatic heterocycles. The molecule has 26 heavy (non-hydrogen) atoms. The summed E-state index contributed by atoms with van der Waals surface area (Å²) in [5.41, 5.74) is 2.58. The zero-order chi connectivity index (χ0) is 18.7. The predicted molar refractivity (Wildman–Crippen MR) is 103 cm³/mol. The number of aliphatic hydroxyl groups is 1. The van der Waals surface area contributed by atoms with Crippen molar-refractivity contribution in [1.82, 2.24) is 15.1 Å². The molecular weight excluding hydrogens is 397 g/mol. The normalized spacial score (nSPS) is 12.5. The van der Waals surface area contributed by atoms with Crippen LogP contribution in [0.3, 0.4) is 0 Å². The highest BCUT2D eigenvalue weighted by molar-refractivity contribution is 6.35. The average Bonchev–Trinajstić information content (AvgIpc) is 3.21. The van der Waals surface area contributed by atoms with Gasteiger partial charge in [-0.05, 0) is 36.8 Å². The highest BCUT2D eigenvalue weighted by atomic mass is 35.5. The van der Waals surface area contributed by atoms with Gasteiger partial charge in [-0.2, -0.15) is 5.10 Å². The molecule has 5 nitrogen and oxygen atoms in total. The van der Waals surface area contributed by atoms with Crippen LogP contribution >= 0.6 is 34.8 Å². The number of rotatable bonds is 7. The van der Waals surface area contributed by atoms with Crippen molar-refractivity contribution in [3.8, 4) is 0 Å². The number of aliphatic hydroxyl groups excluding tert-OH is 1. The van der Waals surface area contributed by atoms with Crippen LogP contribution in [0.2, 0.25) is 15.2 Å². The molecule has 0 saturated carbocycles. The monoisotopic (exact) mass is 413 g/mol. The van der Waals surface area contributed by atoms with E-state index in [1.807, 2.05) is 13.0 Å². The van der Waals surface area contributed by atoms with Gasteiger partial charge in [-0.1, -0.05) is 40.9 Å². The van der Waals surface area contributed by atoms with E-state index in [0.29, 0.717) is 40.6 Å². The van der Waals surface area contributed by atoms with Crippen molar-refractivity contribution in [3.05, 3.63) is 74.4 Å². The number of aromatic nitrogens is 2. The maximum atomic E-state index is 10.0. The van der Waals surface area contributed by atoms with Crippen molar-refractivity contribution in [2.75, 3.05) is 6.54 Å². The lowest BCUT2D eigenvalue weighted by atomic mass is 10.2. The van der Waals surface area contributed by atoms with Gasteiger partial charge in [0, 0.05) is 28.7 Å². The van der Waals surface area contributed by atoms with Gasteiger partial charge >= 0.3 is 0 Å². The van der Waals surface area contributed by atoms with Crippen LogP contribution in [0, 0.1) is 6.92 Å². The van der Waals surface area contributed by atoms with E-state index in [1.54, 1.807) is 28.9 Å². The summed E-state index contributed by atoms with van der Waals surface area (Å²) in [4.78, 5) is 0. The molecule has 1 atom stereocenters. The molecule has 1 unspecified atom stereocenters. The van der Waals surface area contributed by atoms with Gasteiger partial charge in [-0.15, -0.1) is 0 Å². The minimum absolute atomic E-state index is 0.345. The van der Waals surface area contributed by atoms with E-state index in [9.17, 15) is 5.11 Å². The molecule has 0 saturated heterocycles. The molecule has 8 heteroatoms. The first-order valence-corrected chi connectivity index (χ1v) is 9.17. The van der Waals surface area contributed by atoms with E-state index in [1.165, 1.54) is 6.26 Å². The molecule has 2 heterocycles. The fraction of sp³-hybridized carbons (Fsp3) is 0.278. The SMILES string of the molecule is Cc1nn(Cc2ccc(Cl)cc2Cl)c(Cl)c1CNCC(O)c1ccco1. The van der Waals surface area contributed by atoms with Crippen LogP contribution in [0.5, 0.6) is 0 Å². The van der Waals surface area contributed by atoms with Crippen molar-refractivity contribution in [2.45, 2.75) is 26.1 Å². The summed E-state index contributed by atoms with van der Waals surface area (Å²) in [6.07, 6.45) is 0.817. The van der Waals surface area contributed by atoms with Crippen LogP contribution in [0.4, 0.5) is 0 Å². The van der Waals surface area contributed by atoms with E-state index in [-0.39, 0.29) is 0 Å². The number of benzene rings is 1. The standard InChI is InChI=1S/C18H18Cl3N3O2/c1-11-14(8-22-9-16(25)17-3-2-6-26-17)18(21)24(23-11)10-12-4-5-13(19)7-15(12)20/h2-7,16,22,25H,8-10H2,1H3. The average molecular weight is 415 g/mol. The Bertz CT molecular complexity index is 878. The van der Waals surface area contributed by atoms with E-state index in [0.717, 1.165) is 16.8 Å². The summed E-state index contributed by atoms with van der Waals surface area (Å²) in [5, 5.41) is 19.4. The van der Waals surface area contributed by atoms with Crippen LogP contribution < -0.4 is 5.32 Å². The molecule has 0 aliphatic rings. The Balaban J connectivity index is 1.66. The van der Waals surface area contributed by atoms with Gasteiger partial charge in [0.2, 0.25) is 0 Å². The number of nitrogens with one attached hydrogen (secondary N) is 1. The van der Waals surface area contributed by atoms with Crippen molar-refractivity contribution in [3.63, 3.8) is 0 Å². The molecule has 0 radical (unpaired) electrons. The maximum absolute atomic E-state index is 10.0. The van der Waals surface area contributed by atoms with Crippen LogP contribution in [0.15, 0.2) is 41.0 Å². The lowest BCUT2D eigenvalue weighted by Gasteiger charge is -2.10. The zero-order valence-corrected chi connectivity index (χ0v) is 16.3. The fourth-order valence-electron chi connectivity index (χ4n) is 2.62. The first-order valence-electron chi connectivity index (χ1n) is 8.03. The topological polar surface area (TPSA) is 63.2 Å². The van der Waals surface area contributed by atoms with Crippen LogP contribution in [-0.2, 0) is 13.1 Å². The highest BCUT2D eigenvalue weighted by Gasteiger charge is 2.16. The summed E-state index contributed by atoms with van der Waals surface area (Å²) in [6.45, 7) is 3.17. The third-order valence-electron chi connectivity index (χ3n) is 4.03. The molecule has 0 aliphatic carbocycles. The minimum atomic E-state index is -0.716. The first kappa shape index (κ1) is 19.3. The summed E-state index contributed by atoms with van der Waals surface area (Å²) in [7, 11) is 0. The van der Waals surface area contributed by atoms with Crippen molar-refractivity contribution in [2.24, 2.45) is 0 Å². The van der Waals surface area contributed by atoms with E-state index in [4.69, 9.17) is 39.2 Å². The number of furan rings is 1. The Labute approximate surface area is 166 Å². The number of halogens is 3. The van der Waals surface area contributed by atoms with Gasteiger partial charge in [-0.3, -0.25) is 0 Å². The number of aryl methyl sites for hydroxylation is 1. The molecule has 2 N–H and O–H groups in total. The van der Waals surface area contributed by atoms with Crippen molar-refractivity contribution in [1.29, 1.82) is 0 Å². The third-order valence-corrected chi connectivity index (χ3v) is 5.04. The summed E-state index contributed by atoms with van der Waals surface area (Å²) < 4.78 is 6.88. The first-order chi connectivity index (χ1) is 12.5. The second-order valence-corrected chi connectivity index (χ2v) is 7.11. The minimum Gasteiger partial charge on any atom is -0.467 e. The zero-order valence-electron chi connectivity index (χ0n) is 14.0. The van der Waals surface area contributed by atoms with Crippen LogP contribution in [-0.4, -0.2) is 21.4 Å². The molecule has 0 aliphatic heterocycles. The Morgan fingerprint density at radius 3 is 2.77 bits per heavy atom. The largest absolute Gasteiger partial charge is 0.467 e. The van der Waals surface area contributed by atoms with Gasteiger partial charge in [0.05, 0.1) is 18.5 Å². The molecule has 1 aromatic carbocycles. The van der Waals surface area contributed by atoms with Gasteiger partial charge in [0.25, 0.3) is 0 Å². The highest BCUT2D eigenvalue weighted by Crippen LogP contribution is 2.25. The van der Waals surface area contributed by atoms with E-state index >= 15 is 0 Å². The summed E-state index contributed by atoms with van der Waals surface area (Å²) >= 11 is 18.6. The molecule has 0 fully saturated rings. The number of nitrogens with zero attached hydrogens (tertiary/aromatic N) is 2. The summed E-state index contributed by atoms with van der Waals surface area (Å²) in [6, 6.07) is 8.81. The second-order valence-electron chi connectivity index (χ2n) is 5.91. The molecule has 138 valence electrons. The lowest BCUT2D eigenvalue weighted by molar-refractivity contribution is 0.147. The Morgan fingerprint density at radius 2 is 2.08 bits per heavy atom. The van der Waals surface area contributed by atoms with Gasteiger partial charge in [0.15, 0.2) is 0 Å². The number of hydrogen-bond donors (Lipinski definition) is 2. The quantitative estimate of drug-likeness (QED) is 0.592. The molecular formula is C18H18Cl3N3O2. The van der Waals surface area contributed by atoms with Gasteiger partial charge in [0.1, 0.15) is 17.0 Å². The van der Waals surface area contributed by atoms with Crippen LogP contribution in [0.25, 0.3) is 0 Å². The maximum Gasteiger partial charge on any atom is 0.133 e. The predicted octanol–water partition coefficient (Wildman–Crippen LogP) is 4.62. The Kier molecular flexibility index (Phi) is 6.27. The smallest absolute Gasteiger partial charge is 0.133 e. The molecule has 0 bridgehead atoms. The fourth-order valence-corrected chi connectivity index (χ4v) is 3.39. The Hall–Kier alpha value is -1.50. The lowest BCUT2D eigenvalue weighted by Crippen LogP contribution is -2.21. The van der Waals surface area contributed by atoms with Gasteiger partial charge < -0.3 is 14.8 Å². The van der Waals surface area contributed by atoms with Gasteiger partial charge in [-0.25, -0.2) is 4.68 Å². The number of hydrogen-bond acceptors (Lipinski definition) is 4. The molecule has 3 aromatic rings. The van der Waals surface area contributed by atoms with E-state index in [2.05, 4.69) is 10.4 Å². The van der Waals surface area contributed by atoms with Crippen molar-refractivity contribution >= 4 is 34.8 Å². The molecule has 3 rings (SSSR count).